The molecule has 0 saturated heterocycles. The molecule has 1 rings (SSSR count). The Balaban J connectivity index is 2.92. The van der Waals surface area contributed by atoms with Gasteiger partial charge in [-0.3, -0.25) is 0 Å². The summed E-state index contributed by atoms with van der Waals surface area (Å²) in [4.78, 5) is 0. The highest BCUT2D eigenvalue weighted by Gasteiger charge is 2.25. The van der Waals surface area contributed by atoms with Crippen molar-refractivity contribution in [1.82, 2.24) is 5.32 Å². The van der Waals surface area contributed by atoms with Gasteiger partial charge in [0.2, 0.25) is 0 Å². The minimum atomic E-state index is -0.900. The van der Waals surface area contributed by atoms with Gasteiger partial charge in [-0.05, 0) is 19.5 Å². The van der Waals surface area contributed by atoms with E-state index in [1.807, 2.05) is 31.2 Å². The average molecular weight is 209 g/mol. The standard InChI is InChI=1S/C12H19NO2/c1-4-13-9-12(2,14)10-7-5-6-8-11(10)15-3/h5-8,13-14H,4,9H2,1-3H3. The van der Waals surface area contributed by atoms with Gasteiger partial charge >= 0.3 is 0 Å². The van der Waals surface area contributed by atoms with E-state index in [9.17, 15) is 5.11 Å². The third-order valence-corrected chi connectivity index (χ3v) is 2.41. The summed E-state index contributed by atoms with van der Waals surface area (Å²) < 4.78 is 5.22. The summed E-state index contributed by atoms with van der Waals surface area (Å²) >= 11 is 0. The number of methoxy groups -OCH3 is 1. The van der Waals surface area contributed by atoms with Crippen molar-refractivity contribution in [2.45, 2.75) is 19.4 Å². The van der Waals surface area contributed by atoms with Gasteiger partial charge in [0.1, 0.15) is 11.4 Å². The molecule has 0 aliphatic rings. The Labute approximate surface area is 91.1 Å². The van der Waals surface area contributed by atoms with Gasteiger partial charge in [-0.25, -0.2) is 0 Å². The predicted octanol–water partition coefficient (Wildman–Crippen LogP) is 1.51. The van der Waals surface area contributed by atoms with E-state index in [-0.39, 0.29) is 0 Å². The first-order valence-corrected chi connectivity index (χ1v) is 5.18. The van der Waals surface area contributed by atoms with Gasteiger partial charge in [-0.2, -0.15) is 0 Å². The Morgan fingerprint density at radius 2 is 2.07 bits per heavy atom. The van der Waals surface area contributed by atoms with Crippen LogP contribution in [0.4, 0.5) is 0 Å². The Morgan fingerprint density at radius 1 is 1.40 bits per heavy atom. The molecule has 1 atom stereocenters. The van der Waals surface area contributed by atoms with Crippen molar-refractivity contribution in [2.75, 3.05) is 20.2 Å². The number of benzene rings is 1. The van der Waals surface area contributed by atoms with Crippen molar-refractivity contribution >= 4 is 0 Å². The highest BCUT2D eigenvalue weighted by atomic mass is 16.5. The molecular weight excluding hydrogens is 190 g/mol. The molecular formula is C12H19NO2. The van der Waals surface area contributed by atoms with Gasteiger partial charge in [0.15, 0.2) is 0 Å². The molecule has 84 valence electrons. The first-order valence-electron chi connectivity index (χ1n) is 5.18. The predicted molar refractivity (Wildman–Crippen MR) is 61.1 cm³/mol. The number of hydrogen-bond acceptors (Lipinski definition) is 3. The van der Waals surface area contributed by atoms with Gasteiger partial charge in [0.25, 0.3) is 0 Å². The van der Waals surface area contributed by atoms with Gasteiger partial charge in [0, 0.05) is 12.1 Å². The molecule has 0 saturated carbocycles. The van der Waals surface area contributed by atoms with Crippen LogP contribution in [0.25, 0.3) is 0 Å². The smallest absolute Gasteiger partial charge is 0.124 e. The molecule has 0 radical (unpaired) electrons. The Morgan fingerprint density at radius 3 is 2.67 bits per heavy atom. The number of para-hydroxylation sites is 1. The maximum Gasteiger partial charge on any atom is 0.124 e. The first kappa shape index (κ1) is 12.0. The van der Waals surface area contributed by atoms with Crippen molar-refractivity contribution in [2.24, 2.45) is 0 Å². The highest BCUT2D eigenvalue weighted by molar-refractivity contribution is 5.37. The van der Waals surface area contributed by atoms with Crippen LogP contribution in [-0.4, -0.2) is 25.3 Å². The van der Waals surface area contributed by atoms with Crippen LogP contribution in [0.15, 0.2) is 24.3 Å². The largest absolute Gasteiger partial charge is 0.496 e. The second-order valence-corrected chi connectivity index (χ2v) is 3.75. The van der Waals surface area contributed by atoms with E-state index in [4.69, 9.17) is 4.74 Å². The molecule has 0 bridgehead atoms. The fraction of sp³-hybridized carbons (Fsp3) is 0.500. The topological polar surface area (TPSA) is 41.5 Å². The van der Waals surface area contributed by atoms with Crippen molar-refractivity contribution in [3.8, 4) is 5.75 Å². The maximum atomic E-state index is 10.3. The van der Waals surface area contributed by atoms with Crippen LogP contribution in [0.3, 0.4) is 0 Å². The summed E-state index contributed by atoms with van der Waals surface area (Å²) in [5.74, 6) is 0.723. The lowest BCUT2D eigenvalue weighted by molar-refractivity contribution is 0.0550. The van der Waals surface area contributed by atoms with Crippen molar-refractivity contribution in [3.63, 3.8) is 0 Å². The molecule has 2 N–H and O–H groups in total. The third kappa shape index (κ3) is 2.94. The second kappa shape index (κ2) is 5.14. The number of likely N-dealkylation sites (N-methyl/N-ethyl adjacent to an activating group) is 1. The molecule has 0 heterocycles. The molecule has 0 fully saturated rings. The fourth-order valence-electron chi connectivity index (χ4n) is 1.55. The number of hydrogen-bond donors (Lipinski definition) is 2. The minimum absolute atomic E-state index is 0.518. The molecule has 0 aliphatic carbocycles. The summed E-state index contributed by atoms with van der Waals surface area (Å²) in [6.07, 6.45) is 0. The van der Waals surface area contributed by atoms with Crippen LogP contribution in [0.5, 0.6) is 5.75 Å². The average Bonchev–Trinajstić information content (AvgIpc) is 2.26. The number of aliphatic hydroxyl groups is 1. The number of ether oxygens (including phenoxy) is 1. The Kier molecular flexibility index (Phi) is 4.12. The SMILES string of the molecule is CCNCC(C)(O)c1ccccc1OC. The fourth-order valence-corrected chi connectivity index (χ4v) is 1.55. The normalized spacial score (nSPS) is 14.7. The molecule has 0 aromatic heterocycles. The van der Waals surface area contributed by atoms with Crippen LogP contribution in [0.2, 0.25) is 0 Å². The van der Waals surface area contributed by atoms with E-state index >= 15 is 0 Å². The highest BCUT2D eigenvalue weighted by Crippen LogP contribution is 2.28. The van der Waals surface area contributed by atoms with E-state index in [2.05, 4.69) is 5.32 Å². The molecule has 0 amide bonds. The van der Waals surface area contributed by atoms with Crippen molar-refractivity contribution in [1.29, 1.82) is 0 Å². The van der Waals surface area contributed by atoms with E-state index in [1.165, 1.54) is 0 Å². The molecule has 3 nitrogen and oxygen atoms in total. The van der Waals surface area contributed by atoms with Crippen molar-refractivity contribution in [3.05, 3.63) is 29.8 Å². The number of nitrogens with one attached hydrogen (secondary N) is 1. The van der Waals surface area contributed by atoms with Crippen LogP contribution in [-0.2, 0) is 5.60 Å². The van der Waals surface area contributed by atoms with Gasteiger partial charge in [-0.15, -0.1) is 0 Å². The third-order valence-electron chi connectivity index (χ3n) is 2.41. The van der Waals surface area contributed by atoms with Gasteiger partial charge < -0.3 is 15.2 Å². The van der Waals surface area contributed by atoms with Crippen molar-refractivity contribution < 1.29 is 9.84 Å². The lowest BCUT2D eigenvalue weighted by Crippen LogP contribution is -2.35. The zero-order valence-electron chi connectivity index (χ0n) is 9.58. The van der Waals surface area contributed by atoms with E-state index in [1.54, 1.807) is 14.0 Å². The summed E-state index contributed by atoms with van der Waals surface area (Å²) in [6.45, 7) is 5.15. The van der Waals surface area contributed by atoms with E-state index in [0.717, 1.165) is 17.9 Å². The summed E-state index contributed by atoms with van der Waals surface area (Å²) in [6, 6.07) is 7.54. The Hall–Kier alpha value is -1.06. The summed E-state index contributed by atoms with van der Waals surface area (Å²) in [5, 5.41) is 13.4. The molecule has 15 heavy (non-hydrogen) atoms. The maximum absolute atomic E-state index is 10.3. The zero-order chi connectivity index (χ0) is 11.3. The zero-order valence-corrected chi connectivity index (χ0v) is 9.58. The van der Waals surface area contributed by atoms with Gasteiger partial charge in [0.05, 0.1) is 7.11 Å². The minimum Gasteiger partial charge on any atom is -0.496 e. The number of rotatable bonds is 5. The first-order chi connectivity index (χ1) is 7.11. The molecule has 1 aromatic carbocycles. The molecule has 0 spiro atoms. The monoisotopic (exact) mass is 209 g/mol. The molecule has 1 unspecified atom stereocenters. The van der Waals surface area contributed by atoms with E-state index < -0.39 is 5.60 Å². The van der Waals surface area contributed by atoms with E-state index in [0.29, 0.717) is 6.54 Å². The lowest BCUT2D eigenvalue weighted by atomic mass is 9.95. The quantitative estimate of drug-likeness (QED) is 0.772. The molecule has 1 aromatic rings. The molecule has 3 heteroatoms. The van der Waals surface area contributed by atoms with Gasteiger partial charge in [-0.1, -0.05) is 25.1 Å². The lowest BCUT2D eigenvalue weighted by Gasteiger charge is -2.25. The second-order valence-electron chi connectivity index (χ2n) is 3.75. The Bertz CT molecular complexity index is 310. The molecule has 0 aliphatic heterocycles. The van der Waals surface area contributed by atoms with Crippen LogP contribution in [0, 0.1) is 0 Å². The van der Waals surface area contributed by atoms with Crippen LogP contribution in [0.1, 0.15) is 19.4 Å². The van der Waals surface area contributed by atoms with Crippen LogP contribution < -0.4 is 10.1 Å². The summed E-state index contributed by atoms with van der Waals surface area (Å²) in [5.41, 5.74) is -0.0868. The summed E-state index contributed by atoms with van der Waals surface area (Å²) in [7, 11) is 1.61. The van der Waals surface area contributed by atoms with Crippen LogP contribution >= 0.6 is 0 Å².